The van der Waals surface area contributed by atoms with Gasteiger partial charge in [-0.15, -0.1) is 0 Å². The summed E-state index contributed by atoms with van der Waals surface area (Å²) in [5.74, 6) is -1.59. The smallest absolute Gasteiger partial charge is 0.549 e. The van der Waals surface area contributed by atoms with E-state index in [0.29, 0.717) is 5.02 Å². The molecule has 1 rings (SSSR count). The van der Waals surface area contributed by atoms with E-state index in [2.05, 4.69) is 0 Å². The molecule has 0 aromatic heterocycles. The minimum Gasteiger partial charge on any atom is -0.549 e. The van der Waals surface area contributed by atoms with Gasteiger partial charge in [-0.2, -0.15) is 0 Å². The molecule has 0 N–H and O–H groups in total. The van der Waals surface area contributed by atoms with Crippen molar-refractivity contribution in [3.63, 3.8) is 0 Å². The maximum atomic E-state index is 10.9. The zero-order valence-corrected chi connectivity index (χ0v) is 13.0. The number of carbonyl (C=O) groups excluding carboxylic acids is 1. The van der Waals surface area contributed by atoms with E-state index in [4.69, 9.17) is 11.6 Å². The zero-order valence-electron chi connectivity index (χ0n) is 9.16. The Balaban J connectivity index is 0.00000196. The van der Waals surface area contributed by atoms with Gasteiger partial charge in [0.05, 0.1) is 0 Å². The molecule has 0 aliphatic carbocycles. The van der Waals surface area contributed by atoms with E-state index in [-0.39, 0.29) is 57.3 Å². The Morgan fingerprint density at radius 2 is 1.73 bits per heavy atom. The van der Waals surface area contributed by atoms with Crippen molar-refractivity contribution >= 4 is 17.6 Å². The molecule has 0 aliphatic heterocycles. The molecule has 0 heterocycles. The van der Waals surface area contributed by atoms with Crippen molar-refractivity contribution in [3.8, 4) is 0 Å². The summed E-state index contributed by atoms with van der Waals surface area (Å²) in [6.07, 6.45) is 0. The molecule has 0 aliphatic rings. The maximum absolute atomic E-state index is 10.9. The Hall–Kier alpha value is 0.616. The minimum atomic E-state index is -1.04. The Morgan fingerprint density at radius 3 is 2.07 bits per heavy atom. The van der Waals surface area contributed by atoms with Crippen LogP contribution in [0.1, 0.15) is 25.3 Å². The Bertz CT molecular complexity index is 322. The monoisotopic (exact) mass is 250 g/mol. The molecule has 0 saturated heterocycles. The summed E-state index contributed by atoms with van der Waals surface area (Å²) in [5, 5.41) is 11.5. The van der Waals surface area contributed by atoms with Crippen LogP contribution in [-0.2, 0) is 4.79 Å². The summed E-state index contributed by atoms with van der Waals surface area (Å²) in [4.78, 5) is 10.9. The van der Waals surface area contributed by atoms with Gasteiger partial charge in [0.15, 0.2) is 0 Å². The topological polar surface area (TPSA) is 40.1 Å². The van der Waals surface area contributed by atoms with Gasteiger partial charge in [0.1, 0.15) is 0 Å². The number of hydrogen-bond donors (Lipinski definition) is 0. The van der Waals surface area contributed by atoms with Crippen molar-refractivity contribution in [1.82, 2.24) is 0 Å². The average molecular weight is 251 g/mol. The molecular formula is C11H12ClKO2. The Kier molecular flexibility index (Phi) is 7.33. The van der Waals surface area contributed by atoms with Gasteiger partial charge in [-0.05, 0) is 23.6 Å². The van der Waals surface area contributed by atoms with Crippen LogP contribution in [0.15, 0.2) is 24.3 Å². The van der Waals surface area contributed by atoms with E-state index in [1.165, 1.54) is 0 Å². The number of carbonyl (C=O) groups is 1. The van der Waals surface area contributed by atoms with E-state index >= 15 is 0 Å². The van der Waals surface area contributed by atoms with Crippen LogP contribution in [0.2, 0.25) is 5.02 Å². The number of benzene rings is 1. The van der Waals surface area contributed by atoms with Gasteiger partial charge in [0, 0.05) is 16.9 Å². The van der Waals surface area contributed by atoms with E-state index in [1.807, 2.05) is 13.8 Å². The predicted molar refractivity (Wildman–Crippen MR) is 54.0 cm³/mol. The summed E-state index contributed by atoms with van der Waals surface area (Å²) in [5.41, 5.74) is 0.740. The summed E-state index contributed by atoms with van der Waals surface area (Å²) in [6, 6.07) is 6.83. The Labute approximate surface area is 137 Å². The van der Waals surface area contributed by atoms with E-state index in [9.17, 15) is 9.90 Å². The summed E-state index contributed by atoms with van der Waals surface area (Å²) in [7, 11) is 0. The average Bonchev–Trinajstić information content (AvgIpc) is 2.07. The van der Waals surface area contributed by atoms with Crippen molar-refractivity contribution in [2.45, 2.75) is 19.8 Å². The van der Waals surface area contributed by atoms with Crippen LogP contribution in [0.25, 0.3) is 0 Å². The van der Waals surface area contributed by atoms with Crippen LogP contribution in [0.5, 0.6) is 0 Å². The summed E-state index contributed by atoms with van der Waals surface area (Å²) in [6.45, 7) is 3.71. The normalized spacial score (nSPS) is 12.0. The van der Waals surface area contributed by atoms with Gasteiger partial charge >= 0.3 is 51.4 Å². The van der Waals surface area contributed by atoms with Gasteiger partial charge in [-0.25, -0.2) is 0 Å². The molecule has 1 aromatic carbocycles. The summed E-state index contributed by atoms with van der Waals surface area (Å²) >= 11 is 5.71. The third-order valence-electron chi connectivity index (χ3n) is 2.15. The molecule has 0 spiro atoms. The van der Waals surface area contributed by atoms with Gasteiger partial charge < -0.3 is 9.90 Å². The number of aliphatic carboxylic acids is 1. The molecular weight excluding hydrogens is 239 g/mol. The molecule has 0 saturated carbocycles. The van der Waals surface area contributed by atoms with E-state index in [0.717, 1.165) is 5.56 Å². The largest absolute Gasteiger partial charge is 1.00 e. The van der Waals surface area contributed by atoms with Crippen LogP contribution in [-0.4, -0.2) is 5.97 Å². The third-order valence-corrected chi connectivity index (χ3v) is 2.40. The molecule has 76 valence electrons. The number of carboxylic acid groups (broad SMARTS) is 1. The van der Waals surface area contributed by atoms with Crippen LogP contribution in [0, 0.1) is 5.92 Å². The standard InChI is InChI=1S/C11H13ClO2.K/c1-7(2)10(11(13)14)8-3-5-9(12)6-4-8;/h3-7,10H,1-2H3,(H,13,14);/q;+1/p-1/t10-;/m0./s1. The van der Waals surface area contributed by atoms with Gasteiger partial charge in [-0.3, -0.25) is 0 Å². The number of halogens is 1. The molecule has 0 radical (unpaired) electrons. The van der Waals surface area contributed by atoms with Gasteiger partial charge in [0.25, 0.3) is 0 Å². The quantitative estimate of drug-likeness (QED) is 0.635. The fraction of sp³-hybridized carbons (Fsp3) is 0.364. The first-order chi connectivity index (χ1) is 6.52. The van der Waals surface area contributed by atoms with Gasteiger partial charge in [-0.1, -0.05) is 37.6 Å². The Morgan fingerprint density at radius 1 is 1.27 bits per heavy atom. The van der Waals surface area contributed by atoms with E-state index < -0.39 is 11.9 Å². The molecule has 4 heteroatoms. The van der Waals surface area contributed by atoms with Crippen LogP contribution in [0.3, 0.4) is 0 Å². The molecule has 15 heavy (non-hydrogen) atoms. The minimum absolute atomic E-state index is 0. The van der Waals surface area contributed by atoms with Crippen molar-refractivity contribution in [3.05, 3.63) is 34.9 Å². The van der Waals surface area contributed by atoms with Crippen molar-refractivity contribution < 1.29 is 61.3 Å². The first kappa shape index (κ1) is 15.6. The fourth-order valence-corrected chi connectivity index (χ4v) is 1.59. The van der Waals surface area contributed by atoms with Gasteiger partial charge in [0.2, 0.25) is 0 Å². The number of hydrogen-bond acceptors (Lipinski definition) is 2. The second-order valence-electron chi connectivity index (χ2n) is 3.59. The molecule has 0 unspecified atom stereocenters. The van der Waals surface area contributed by atoms with E-state index in [1.54, 1.807) is 24.3 Å². The van der Waals surface area contributed by atoms with Crippen LogP contribution < -0.4 is 56.5 Å². The first-order valence-corrected chi connectivity index (χ1v) is 4.86. The molecule has 0 bridgehead atoms. The number of rotatable bonds is 3. The maximum Gasteiger partial charge on any atom is 1.00 e. The molecule has 2 nitrogen and oxygen atoms in total. The molecule has 1 atom stereocenters. The van der Waals surface area contributed by atoms with Crippen molar-refractivity contribution in [2.24, 2.45) is 5.92 Å². The van der Waals surface area contributed by atoms with Crippen LogP contribution >= 0.6 is 11.6 Å². The predicted octanol–water partition coefficient (Wildman–Crippen LogP) is -1.17. The van der Waals surface area contributed by atoms with Crippen molar-refractivity contribution in [2.75, 3.05) is 0 Å². The second-order valence-corrected chi connectivity index (χ2v) is 4.03. The van der Waals surface area contributed by atoms with Crippen LogP contribution in [0.4, 0.5) is 0 Å². The molecule has 0 amide bonds. The summed E-state index contributed by atoms with van der Waals surface area (Å²) < 4.78 is 0. The zero-order chi connectivity index (χ0) is 10.7. The number of carboxylic acids is 1. The second kappa shape index (κ2) is 7.04. The van der Waals surface area contributed by atoms with Crippen molar-refractivity contribution in [1.29, 1.82) is 0 Å². The SMILES string of the molecule is CC(C)[C@H](C(=O)[O-])c1ccc(Cl)cc1.[K+]. The molecule has 1 aromatic rings. The third kappa shape index (κ3) is 4.55. The first-order valence-electron chi connectivity index (χ1n) is 4.48. The fourth-order valence-electron chi connectivity index (χ4n) is 1.46. The molecule has 0 fully saturated rings.